The monoisotopic (exact) mass is 454 g/mol. The van der Waals surface area contributed by atoms with Crippen molar-refractivity contribution in [1.82, 2.24) is 5.32 Å². The Kier molecular flexibility index (Phi) is 6.12. The molecule has 1 saturated heterocycles. The van der Waals surface area contributed by atoms with Crippen LogP contribution in [0.4, 0.5) is 0 Å². The summed E-state index contributed by atoms with van der Waals surface area (Å²) in [6.07, 6.45) is 3.09. The molecular formula is C25H30N2O4S. The Bertz CT molecular complexity index is 1070. The molecule has 1 amide bonds. The number of thioether (sulfide) groups is 1. The van der Waals surface area contributed by atoms with Gasteiger partial charge in [0.2, 0.25) is 5.91 Å². The second-order valence-electron chi connectivity index (χ2n) is 8.73. The zero-order valence-electron chi connectivity index (χ0n) is 19.0. The van der Waals surface area contributed by atoms with Crippen LogP contribution < -0.4 is 14.8 Å². The number of phenolic OH excluding ortho intramolecular Hbond substituents is 1. The van der Waals surface area contributed by atoms with Gasteiger partial charge in [-0.3, -0.25) is 10.2 Å². The Morgan fingerprint density at radius 2 is 1.94 bits per heavy atom. The molecule has 2 aromatic rings. The second-order valence-corrected chi connectivity index (χ2v) is 9.94. The molecule has 2 heterocycles. The number of hydrogen-bond acceptors (Lipinski definition) is 6. The number of benzene rings is 2. The number of hydrogen-bond donors (Lipinski definition) is 3. The Labute approximate surface area is 193 Å². The summed E-state index contributed by atoms with van der Waals surface area (Å²) >= 11 is 1.26. The maximum Gasteiger partial charge on any atom is 0.239 e. The Morgan fingerprint density at radius 1 is 1.22 bits per heavy atom. The molecule has 7 heteroatoms. The SMILES string of the molecule is CCC1(COc2ccc(CC3SC(=N)NC3=O)cc2)CCc2c(C)c(O)c(C)c(C)c2O1. The van der Waals surface area contributed by atoms with Gasteiger partial charge < -0.3 is 19.9 Å². The molecule has 2 aliphatic heterocycles. The molecule has 170 valence electrons. The largest absolute Gasteiger partial charge is 0.507 e. The average Bonchev–Trinajstić information content (AvgIpc) is 3.12. The molecule has 0 radical (unpaired) electrons. The van der Waals surface area contributed by atoms with Gasteiger partial charge in [0.15, 0.2) is 5.17 Å². The van der Waals surface area contributed by atoms with E-state index in [1.54, 1.807) is 0 Å². The van der Waals surface area contributed by atoms with Crippen molar-refractivity contribution < 1.29 is 19.4 Å². The number of amides is 1. The predicted molar refractivity (Wildman–Crippen MR) is 127 cm³/mol. The van der Waals surface area contributed by atoms with Crippen molar-refractivity contribution in [3.05, 3.63) is 52.1 Å². The van der Waals surface area contributed by atoms with Crippen molar-refractivity contribution in [1.29, 1.82) is 5.41 Å². The summed E-state index contributed by atoms with van der Waals surface area (Å²) in [6.45, 7) is 8.45. The molecule has 1 fully saturated rings. The van der Waals surface area contributed by atoms with Crippen LogP contribution in [-0.4, -0.2) is 33.6 Å². The van der Waals surface area contributed by atoms with Gasteiger partial charge in [0.05, 0.1) is 5.25 Å². The van der Waals surface area contributed by atoms with Crippen LogP contribution in [0.2, 0.25) is 0 Å². The van der Waals surface area contributed by atoms with Crippen molar-refractivity contribution in [2.45, 2.75) is 64.2 Å². The van der Waals surface area contributed by atoms with Gasteiger partial charge in [-0.1, -0.05) is 30.8 Å². The molecule has 4 rings (SSSR count). The fourth-order valence-electron chi connectivity index (χ4n) is 4.38. The summed E-state index contributed by atoms with van der Waals surface area (Å²) in [5.41, 5.74) is 4.50. The number of ether oxygens (including phenoxy) is 2. The number of phenols is 1. The maximum atomic E-state index is 11.8. The van der Waals surface area contributed by atoms with E-state index in [0.717, 1.165) is 58.6 Å². The summed E-state index contributed by atoms with van der Waals surface area (Å²) in [4.78, 5) is 11.8. The molecule has 2 atom stereocenters. The van der Waals surface area contributed by atoms with Crippen LogP contribution in [0.25, 0.3) is 0 Å². The van der Waals surface area contributed by atoms with Gasteiger partial charge in [0, 0.05) is 5.56 Å². The first-order valence-electron chi connectivity index (χ1n) is 11.0. The molecule has 0 saturated carbocycles. The highest BCUT2D eigenvalue weighted by molar-refractivity contribution is 8.15. The highest BCUT2D eigenvalue weighted by Crippen LogP contribution is 2.44. The number of rotatable bonds is 6. The van der Waals surface area contributed by atoms with E-state index in [-0.39, 0.29) is 16.3 Å². The minimum absolute atomic E-state index is 0.103. The van der Waals surface area contributed by atoms with Crippen molar-refractivity contribution in [2.75, 3.05) is 6.61 Å². The zero-order chi connectivity index (χ0) is 23.0. The van der Waals surface area contributed by atoms with Crippen molar-refractivity contribution >= 4 is 22.8 Å². The summed E-state index contributed by atoms with van der Waals surface area (Å²) < 4.78 is 12.7. The summed E-state index contributed by atoms with van der Waals surface area (Å²) in [5, 5.41) is 20.5. The average molecular weight is 455 g/mol. The van der Waals surface area contributed by atoms with E-state index in [1.807, 2.05) is 45.0 Å². The number of aromatic hydroxyl groups is 1. The van der Waals surface area contributed by atoms with E-state index < -0.39 is 5.60 Å². The van der Waals surface area contributed by atoms with Crippen molar-refractivity contribution in [2.24, 2.45) is 0 Å². The number of carbonyl (C=O) groups is 1. The molecule has 0 bridgehead atoms. The van der Waals surface area contributed by atoms with Crippen LogP contribution in [-0.2, 0) is 17.6 Å². The topological polar surface area (TPSA) is 91.6 Å². The smallest absolute Gasteiger partial charge is 0.239 e. The molecule has 2 aliphatic rings. The maximum absolute atomic E-state index is 11.8. The molecule has 0 spiro atoms. The van der Waals surface area contributed by atoms with Crippen molar-refractivity contribution in [3.8, 4) is 17.2 Å². The third kappa shape index (κ3) is 4.18. The van der Waals surface area contributed by atoms with E-state index in [2.05, 4.69) is 12.2 Å². The zero-order valence-corrected chi connectivity index (χ0v) is 19.8. The van der Waals surface area contributed by atoms with Gasteiger partial charge in [-0.15, -0.1) is 0 Å². The summed E-state index contributed by atoms with van der Waals surface area (Å²) in [5.74, 6) is 1.93. The van der Waals surface area contributed by atoms with E-state index in [9.17, 15) is 9.90 Å². The van der Waals surface area contributed by atoms with Gasteiger partial charge in [0.1, 0.15) is 29.5 Å². The first-order valence-corrected chi connectivity index (χ1v) is 11.9. The van der Waals surface area contributed by atoms with E-state index in [1.165, 1.54) is 11.8 Å². The van der Waals surface area contributed by atoms with Crippen LogP contribution in [0.1, 0.15) is 47.6 Å². The molecule has 2 unspecified atom stereocenters. The lowest BCUT2D eigenvalue weighted by Gasteiger charge is -2.39. The Hall–Kier alpha value is -2.67. The highest BCUT2D eigenvalue weighted by Gasteiger charge is 2.38. The lowest BCUT2D eigenvalue weighted by atomic mass is 9.85. The minimum atomic E-state index is -0.411. The van der Waals surface area contributed by atoms with Crippen LogP contribution in [0.5, 0.6) is 17.2 Å². The van der Waals surface area contributed by atoms with Crippen LogP contribution in [0, 0.1) is 26.2 Å². The van der Waals surface area contributed by atoms with E-state index in [4.69, 9.17) is 14.9 Å². The fraction of sp³-hybridized carbons (Fsp3) is 0.440. The molecule has 0 aliphatic carbocycles. The third-order valence-corrected chi connectivity index (χ3v) is 7.77. The predicted octanol–water partition coefficient (Wildman–Crippen LogP) is 4.58. The summed E-state index contributed by atoms with van der Waals surface area (Å²) in [7, 11) is 0. The quantitative estimate of drug-likeness (QED) is 0.594. The number of fused-ring (bicyclic) bond motifs is 1. The first-order chi connectivity index (χ1) is 15.2. The van der Waals surface area contributed by atoms with Gasteiger partial charge >= 0.3 is 0 Å². The molecule has 0 aromatic heterocycles. The fourth-order valence-corrected chi connectivity index (χ4v) is 5.27. The molecule has 2 aromatic carbocycles. The molecule has 6 nitrogen and oxygen atoms in total. The number of nitrogens with one attached hydrogen (secondary N) is 2. The summed E-state index contributed by atoms with van der Waals surface area (Å²) in [6, 6.07) is 7.80. The first kappa shape index (κ1) is 22.5. The van der Waals surface area contributed by atoms with Crippen molar-refractivity contribution in [3.63, 3.8) is 0 Å². The van der Waals surface area contributed by atoms with Gasteiger partial charge in [-0.2, -0.15) is 0 Å². The Balaban J connectivity index is 1.44. The lowest BCUT2D eigenvalue weighted by molar-refractivity contribution is -0.118. The van der Waals surface area contributed by atoms with Gasteiger partial charge in [-0.05, 0) is 80.8 Å². The van der Waals surface area contributed by atoms with Crippen LogP contribution in [0.15, 0.2) is 24.3 Å². The lowest BCUT2D eigenvalue weighted by Crippen LogP contribution is -2.45. The standard InChI is InChI=1S/C25H30N2O4S/c1-5-25(11-10-19-16(4)21(28)14(2)15(3)22(19)31-25)13-30-18-8-6-17(7-9-18)12-20-23(29)27-24(26)32-20/h6-9,20,28H,5,10-13H2,1-4H3,(H2,26,27,29). The normalized spacial score (nSPS) is 22.3. The number of amidine groups is 1. The van der Waals surface area contributed by atoms with E-state index >= 15 is 0 Å². The second kappa shape index (κ2) is 8.70. The highest BCUT2D eigenvalue weighted by atomic mass is 32.2. The minimum Gasteiger partial charge on any atom is -0.507 e. The molecular weight excluding hydrogens is 424 g/mol. The molecule has 3 N–H and O–H groups in total. The van der Waals surface area contributed by atoms with Crippen LogP contribution in [0.3, 0.4) is 0 Å². The molecule has 32 heavy (non-hydrogen) atoms. The van der Waals surface area contributed by atoms with E-state index in [0.29, 0.717) is 18.8 Å². The van der Waals surface area contributed by atoms with Gasteiger partial charge in [0.25, 0.3) is 0 Å². The van der Waals surface area contributed by atoms with Crippen LogP contribution >= 0.6 is 11.8 Å². The number of carbonyl (C=O) groups excluding carboxylic acids is 1. The third-order valence-electron chi connectivity index (χ3n) is 6.77. The van der Waals surface area contributed by atoms with Gasteiger partial charge in [-0.25, -0.2) is 0 Å². The Morgan fingerprint density at radius 3 is 2.56 bits per heavy atom.